The zero-order valence-electron chi connectivity index (χ0n) is 12.2. The first kappa shape index (κ1) is 15.1. The molecule has 0 radical (unpaired) electrons. The summed E-state index contributed by atoms with van der Waals surface area (Å²) in [7, 11) is 0. The molecule has 0 bridgehead atoms. The van der Waals surface area contributed by atoms with E-state index in [1.54, 1.807) is 23.5 Å². The summed E-state index contributed by atoms with van der Waals surface area (Å²) in [6.45, 7) is 6.98. The number of rotatable bonds is 6. The van der Waals surface area contributed by atoms with Crippen LogP contribution in [0, 0.1) is 19.7 Å². The van der Waals surface area contributed by atoms with E-state index >= 15 is 0 Å². The average Bonchev–Trinajstić information content (AvgIpc) is 2.79. The largest absolute Gasteiger partial charge is 0.310 e. The molecule has 1 aromatic carbocycles. The molecule has 108 valence electrons. The van der Waals surface area contributed by atoms with Crippen molar-refractivity contribution in [1.82, 2.24) is 10.3 Å². The lowest BCUT2D eigenvalue weighted by Crippen LogP contribution is -2.24. The Balaban J connectivity index is 2.21. The van der Waals surface area contributed by atoms with Gasteiger partial charge in [-0.15, -0.1) is 11.3 Å². The molecule has 2 rings (SSSR count). The standard InChI is InChI=1S/C16H21FN2S/c1-4-5-18-15(9-16-19-12(3)10-20-16)13-6-11(2)7-14(17)8-13/h6-8,10,15,18H,4-5,9H2,1-3H3. The number of nitrogens with zero attached hydrogens (tertiary/aromatic N) is 1. The fourth-order valence-corrected chi connectivity index (χ4v) is 3.08. The summed E-state index contributed by atoms with van der Waals surface area (Å²) in [4.78, 5) is 4.51. The molecule has 2 aromatic rings. The zero-order chi connectivity index (χ0) is 14.5. The highest BCUT2D eigenvalue weighted by Crippen LogP contribution is 2.22. The number of aromatic nitrogens is 1. The minimum absolute atomic E-state index is 0.120. The van der Waals surface area contributed by atoms with Gasteiger partial charge in [0.1, 0.15) is 5.82 Å². The Morgan fingerprint density at radius 1 is 1.30 bits per heavy atom. The van der Waals surface area contributed by atoms with Crippen molar-refractivity contribution in [2.45, 2.75) is 39.7 Å². The summed E-state index contributed by atoms with van der Waals surface area (Å²) in [6.07, 6.45) is 1.86. The molecule has 1 heterocycles. The molecule has 0 aliphatic heterocycles. The van der Waals surface area contributed by atoms with Crippen molar-refractivity contribution >= 4 is 11.3 Å². The van der Waals surface area contributed by atoms with Gasteiger partial charge in [0.05, 0.1) is 5.01 Å². The maximum atomic E-state index is 13.6. The fourth-order valence-electron chi connectivity index (χ4n) is 2.26. The van der Waals surface area contributed by atoms with Gasteiger partial charge in [-0.1, -0.05) is 13.0 Å². The van der Waals surface area contributed by atoms with E-state index in [1.807, 2.05) is 13.8 Å². The highest BCUT2D eigenvalue weighted by molar-refractivity contribution is 7.09. The first-order valence-corrected chi connectivity index (χ1v) is 7.88. The van der Waals surface area contributed by atoms with Crippen LogP contribution in [0.5, 0.6) is 0 Å². The maximum Gasteiger partial charge on any atom is 0.123 e. The van der Waals surface area contributed by atoms with Gasteiger partial charge in [0.2, 0.25) is 0 Å². The maximum absolute atomic E-state index is 13.6. The molecule has 1 N–H and O–H groups in total. The van der Waals surface area contributed by atoms with Crippen molar-refractivity contribution in [3.63, 3.8) is 0 Å². The van der Waals surface area contributed by atoms with E-state index in [2.05, 4.69) is 28.7 Å². The molecule has 1 atom stereocenters. The minimum atomic E-state index is -0.168. The molecule has 0 aliphatic carbocycles. The summed E-state index contributed by atoms with van der Waals surface area (Å²) >= 11 is 1.67. The Labute approximate surface area is 124 Å². The van der Waals surface area contributed by atoms with Crippen molar-refractivity contribution in [3.8, 4) is 0 Å². The molecule has 0 saturated heterocycles. The molecule has 0 amide bonds. The summed E-state index contributed by atoms with van der Waals surface area (Å²) in [5, 5.41) is 6.65. The summed E-state index contributed by atoms with van der Waals surface area (Å²) in [5.41, 5.74) is 3.01. The topological polar surface area (TPSA) is 24.9 Å². The van der Waals surface area contributed by atoms with Crippen LogP contribution in [-0.2, 0) is 6.42 Å². The third-order valence-electron chi connectivity index (χ3n) is 3.15. The van der Waals surface area contributed by atoms with Crippen LogP contribution in [0.3, 0.4) is 0 Å². The van der Waals surface area contributed by atoms with E-state index in [4.69, 9.17) is 0 Å². The molecular weight excluding hydrogens is 271 g/mol. The van der Waals surface area contributed by atoms with E-state index in [0.717, 1.165) is 41.2 Å². The van der Waals surface area contributed by atoms with Gasteiger partial charge in [-0.2, -0.15) is 0 Å². The smallest absolute Gasteiger partial charge is 0.123 e. The number of benzene rings is 1. The van der Waals surface area contributed by atoms with Gasteiger partial charge in [0.15, 0.2) is 0 Å². The Hall–Kier alpha value is -1.26. The molecule has 0 spiro atoms. The summed E-state index contributed by atoms with van der Waals surface area (Å²) in [5.74, 6) is -0.168. The van der Waals surface area contributed by atoms with Crippen molar-refractivity contribution in [3.05, 3.63) is 51.2 Å². The summed E-state index contributed by atoms with van der Waals surface area (Å²) < 4.78 is 13.6. The third kappa shape index (κ3) is 4.12. The molecule has 0 saturated carbocycles. The van der Waals surface area contributed by atoms with Gasteiger partial charge in [-0.05, 0) is 50.1 Å². The Kier molecular flexibility index (Phi) is 5.26. The minimum Gasteiger partial charge on any atom is -0.310 e. The van der Waals surface area contributed by atoms with Crippen LogP contribution in [-0.4, -0.2) is 11.5 Å². The molecule has 0 aliphatic rings. The Morgan fingerprint density at radius 2 is 2.10 bits per heavy atom. The number of halogens is 1. The van der Waals surface area contributed by atoms with Crippen LogP contribution in [0.2, 0.25) is 0 Å². The van der Waals surface area contributed by atoms with E-state index in [0.29, 0.717) is 0 Å². The molecule has 1 unspecified atom stereocenters. The van der Waals surface area contributed by atoms with E-state index in [1.165, 1.54) is 0 Å². The van der Waals surface area contributed by atoms with Gasteiger partial charge >= 0.3 is 0 Å². The van der Waals surface area contributed by atoms with Crippen molar-refractivity contribution in [1.29, 1.82) is 0 Å². The lowest BCUT2D eigenvalue weighted by Gasteiger charge is -2.18. The first-order valence-electron chi connectivity index (χ1n) is 7.00. The average molecular weight is 292 g/mol. The van der Waals surface area contributed by atoms with Gasteiger partial charge in [0, 0.05) is 23.5 Å². The van der Waals surface area contributed by atoms with Gasteiger partial charge in [-0.25, -0.2) is 9.37 Å². The number of aryl methyl sites for hydroxylation is 2. The molecule has 0 fully saturated rings. The molecular formula is C16H21FN2S. The predicted molar refractivity (Wildman–Crippen MR) is 82.7 cm³/mol. The Bertz CT molecular complexity index is 545. The molecule has 4 heteroatoms. The number of hydrogen-bond acceptors (Lipinski definition) is 3. The van der Waals surface area contributed by atoms with Crippen molar-refractivity contribution in [2.75, 3.05) is 6.54 Å². The molecule has 20 heavy (non-hydrogen) atoms. The predicted octanol–water partition coefficient (Wildman–Crippen LogP) is 4.18. The second kappa shape index (κ2) is 6.95. The molecule has 2 nitrogen and oxygen atoms in total. The van der Waals surface area contributed by atoms with E-state index < -0.39 is 0 Å². The van der Waals surface area contributed by atoms with Gasteiger partial charge in [-0.3, -0.25) is 0 Å². The van der Waals surface area contributed by atoms with E-state index in [-0.39, 0.29) is 11.9 Å². The lowest BCUT2D eigenvalue weighted by atomic mass is 10.0. The SMILES string of the molecule is CCCNC(Cc1nc(C)cs1)c1cc(C)cc(F)c1. The van der Waals surface area contributed by atoms with Crippen LogP contribution in [0.4, 0.5) is 4.39 Å². The van der Waals surface area contributed by atoms with Crippen molar-refractivity contribution in [2.24, 2.45) is 0 Å². The normalized spacial score (nSPS) is 12.6. The lowest BCUT2D eigenvalue weighted by molar-refractivity contribution is 0.522. The first-order chi connectivity index (χ1) is 9.58. The van der Waals surface area contributed by atoms with Crippen molar-refractivity contribution < 1.29 is 4.39 Å². The number of nitrogens with one attached hydrogen (secondary N) is 1. The fraction of sp³-hybridized carbons (Fsp3) is 0.438. The molecule has 1 aromatic heterocycles. The Morgan fingerprint density at radius 3 is 2.70 bits per heavy atom. The van der Waals surface area contributed by atoms with E-state index in [9.17, 15) is 4.39 Å². The summed E-state index contributed by atoms with van der Waals surface area (Å²) in [6, 6.07) is 5.36. The number of thiazole rings is 1. The van der Waals surface area contributed by atoms with Crippen LogP contribution < -0.4 is 5.32 Å². The van der Waals surface area contributed by atoms with Crippen LogP contribution >= 0.6 is 11.3 Å². The number of hydrogen-bond donors (Lipinski definition) is 1. The highest BCUT2D eigenvalue weighted by atomic mass is 32.1. The van der Waals surface area contributed by atoms with Gasteiger partial charge < -0.3 is 5.32 Å². The van der Waals surface area contributed by atoms with Crippen LogP contribution in [0.1, 0.15) is 41.2 Å². The van der Waals surface area contributed by atoms with Gasteiger partial charge in [0.25, 0.3) is 0 Å². The van der Waals surface area contributed by atoms with Crippen LogP contribution in [0.25, 0.3) is 0 Å². The highest BCUT2D eigenvalue weighted by Gasteiger charge is 2.15. The quantitative estimate of drug-likeness (QED) is 0.864. The second-order valence-electron chi connectivity index (χ2n) is 5.16. The monoisotopic (exact) mass is 292 g/mol. The zero-order valence-corrected chi connectivity index (χ0v) is 13.1. The third-order valence-corrected chi connectivity index (χ3v) is 4.14. The van der Waals surface area contributed by atoms with Crippen LogP contribution in [0.15, 0.2) is 23.6 Å². The second-order valence-corrected chi connectivity index (χ2v) is 6.10.